The standard InChI is InChI=1S/C15H14F3N/c1-10-5-6-12(7-13(10)9-19)11-3-2-4-14(8-11)15(16,17)18/h2-8H,9,19H2,1H3. The van der Waals surface area contributed by atoms with Crippen LogP contribution < -0.4 is 5.73 Å². The molecule has 1 nitrogen and oxygen atoms in total. The second-order valence-corrected chi connectivity index (χ2v) is 4.42. The Balaban J connectivity index is 2.47. The lowest BCUT2D eigenvalue weighted by molar-refractivity contribution is -0.137. The number of hydrogen-bond acceptors (Lipinski definition) is 1. The van der Waals surface area contributed by atoms with E-state index in [1.165, 1.54) is 6.07 Å². The number of aryl methyl sites for hydroxylation is 1. The summed E-state index contributed by atoms with van der Waals surface area (Å²) >= 11 is 0. The van der Waals surface area contributed by atoms with Crippen LogP contribution in [0.15, 0.2) is 42.5 Å². The van der Waals surface area contributed by atoms with Crippen LogP contribution in [-0.4, -0.2) is 0 Å². The Kier molecular flexibility index (Phi) is 3.62. The van der Waals surface area contributed by atoms with Gasteiger partial charge >= 0.3 is 6.18 Å². The fraction of sp³-hybridized carbons (Fsp3) is 0.200. The van der Waals surface area contributed by atoms with E-state index < -0.39 is 11.7 Å². The molecule has 100 valence electrons. The predicted octanol–water partition coefficient (Wildman–Crippen LogP) is 4.14. The normalized spacial score (nSPS) is 11.6. The third-order valence-corrected chi connectivity index (χ3v) is 3.09. The molecule has 0 amide bonds. The number of alkyl halides is 3. The molecule has 0 fully saturated rings. The van der Waals surface area contributed by atoms with Gasteiger partial charge in [0, 0.05) is 6.54 Å². The SMILES string of the molecule is Cc1ccc(-c2cccc(C(F)(F)F)c2)cc1CN. The molecule has 2 rings (SSSR count). The highest BCUT2D eigenvalue weighted by molar-refractivity contribution is 5.65. The Labute approximate surface area is 109 Å². The highest BCUT2D eigenvalue weighted by Crippen LogP contribution is 2.32. The molecule has 0 aliphatic rings. The van der Waals surface area contributed by atoms with E-state index in [0.717, 1.165) is 28.8 Å². The summed E-state index contributed by atoms with van der Waals surface area (Å²) < 4.78 is 38.0. The number of halogens is 3. The maximum Gasteiger partial charge on any atom is 0.416 e. The van der Waals surface area contributed by atoms with Crippen molar-refractivity contribution in [2.75, 3.05) is 0 Å². The predicted molar refractivity (Wildman–Crippen MR) is 69.5 cm³/mol. The first-order chi connectivity index (χ1) is 8.91. The fourth-order valence-corrected chi connectivity index (χ4v) is 1.95. The van der Waals surface area contributed by atoms with Crippen molar-refractivity contribution >= 4 is 0 Å². The van der Waals surface area contributed by atoms with Gasteiger partial charge in [-0.3, -0.25) is 0 Å². The first-order valence-electron chi connectivity index (χ1n) is 5.89. The average Bonchev–Trinajstić information content (AvgIpc) is 2.38. The second-order valence-electron chi connectivity index (χ2n) is 4.42. The van der Waals surface area contributed by atoms with Crippen molar-refractivity contribution in [3.05, 3.63) is 59.2 Å². The van der Waals surface area contributed by atoms with Gasteiger partial charge in [0.05, 0.1) is 5.56 Å². The second kappa shape index (κ2) is 5.05. The lowest BCUT2D eigenvalue weighted by Gasteiger charge is -2.10. The molecule has 2 aromatic rings. The molecule has 0 aliphatic heterocycles. The molecule has 4 heteroatoms. The smallest absolute Gasteiger partial charge is 0.326 e. The largest absolute Gasteiger partial charge is 0.416 e. The summed E-state index contributed by atoms with van der Waals surface area (Å²) in [6, 6.07) is 10.8. The van der Waals surface area contributed by atoms with Gasteiger partial charge in [-0.15, -0.1) is 0 Å². The van der Waals surface area contributed by atoms with Crippen molar-refractivity contribution in [3.8, 4) is 11.1 Å². The molecular formula is C15H14F3N. The van der Waals surface area contributed by atoms with Gasteiger partial charge in [-0.25, -0.2) is 0 Å². The summed E-state index contributed by atoms with van der Waals surface area (Å²) in [5, 5.41) is 0. The molecule has 0 atom stereocenters. The summed E-state index contributed by atoms with van der Waals surface area (Å²) in [6.45, 7) is 2.30. The van der Waals surface area contributed by atoms with Crippen molar-refractivity contribution in [3.63, 3.8) is 0 Å². The van der Waals surface area contributed by atoms with E-state index >= 15 is 0 Å². The highest BCUT2D eigenvalue weighted by atomic mass is 19.4. The van der Waals surface area contributed by atoms with Gasteiger partial charge in [0.2, 0.25) is 0 Å². The van der Waals surface area contributed by atoms with E-state index in [9.17, 15) is 13.2 Å². The molecule has 0 bridgehead atoms. The number of rotatable bonds is 2. The van der Waals surface area contributed by atoms with E-state index in [-0.39, 0.29) is 0 Å². The Bertz CT molecular complexity index is 588. The van der Waals surface area contributed by atoms with E-state index in [1.807, 2.05) is 25.1 Å². The number of hydrogen-bond donors (Lipinski definition) is 1. The zero-order chi connectivity index (χ0) is 14.0. The lowest BCUT2D eigenvalue weighted by atomic mass is 9.98. The van der Waals surface area contributed by atoms with Crippen LogP contribution in [0.3, 0.4) is 0 Å². The zero-order valence-electron chi connectivity index (χ0n) is 10.5. The van der Waals surface area contributed by atoms with Gasteiger partial charge < -0.3 is 5.73 Å². The minimum absolute atomic E-state index is 0.374. The van der Waals surface area contributed by atoms with Crippen LogP contribution in [0, 0.1) is 6.92 Å². The minimum Gasteiger partial charge on any atom is -0.326 e. The van der Waals surface area contributed by atoms with Crippen molar-refractivity contribution in [2.45, 2.75) is 19.6 Å². The Morgan fingerprint density at radius 1 is 1.00 bits per heavy atom. The summed E-state index contributed by atoms with van der Waals surface area (Å²) in [7, 11) is 0. The number of nitrogens with two attached hydrogens (primary N) is 1. The summed E-state index contributed by atoms with van der Waals surface area (Å²) in [5.74, 6) is 0. The molecule has 0 spiro atoms. The van der Waals surface area contributed by atoms with Crippen molar-refractivity contribution in [1.82, 2.24) is 0 Å². The number of benzene rings is 2. The van der Waals surface area contributed by atoms with Crippen LogP contribution in [0.1, 0.15) is 16.7 Å². The summed E-state index contributed by atoms with van der Waals surface area (Å²) in [5.41, 5.74) is 8.25. The molecule has 0 unspecified atom stereocenters. The van der Waals surface area contributed by atoms with Gasteiger partial charge in [0.25, 0.3) is 0 Å². The molecule has 2 N–H and O–H groups in total. The molecule has 0 aliphatic carbocycles. The topological polar surface area (TPSA) is 26.0 Å². The molecule has 0 heterocycles. The van der Waals surface area contributed by atoms with Gasteiger partial charge in [-0.1, -0.05) is 24.3 Å². The van der Waals surface area contributed by atoms with Gasteiger partial charge in [0.1, 0.15) is 0 Å². The van der Waals surface area contributed by atoms with Crippen LogP contribution in [-0.2, 0) is 12.7 Å². The van der Waals surface area contributed by atoms with Crippen LogP contribution in [0.5, 0.6) is 0 Å². The third-order valence-electron chi connectivity index (χ3n) is 3.09. The zero-order valence-corrected chi connectivity index (χ0v) is 10.5. The Hall–Kier alpha value is -1.81. The quantitative estimate of drug-likeness (QED) is 0.867. The fourth-order valence-electron chi connectivity index (χ4n) is 1.95. The summed E-state index contributed by atoms with van der Waals surface area (Å²) in [4.78, 5) is 0. The molecule has 0 saturated heterocycles. The Morgan fingerprint density at radius 3 is 2.32 bits per heavy atom. The van der Waals surface area contributed by atoms with Crippen LogP contribution >= 0.6 is 0 Å². The van der Waals surface area contributed by atoms with E-state index in [4.69, 9.17) is 5.73 Å². The molecule has 0 radical (unpaired) electrons. The minimum atomic E-state index is -4.32. The van der Waals surface area contributed by atoms with Crippen molar-refractivity contribution in [1.29, 1.82) is 0 Å². The van der Waals surface area contributed by atoms with Crippen LogP contribution in [0.2, 0.25) is 0 Å². The maximum atomic E-state index is 12.7. The van der Waals surface area contributed by atoms with Gasteiger partial charge in [-0.05, 0) is 47.4 Å². The average molecular weight is 265 g/mol. The molecule has 2 aromatic carbocycles. The van der Waals surface area contributed by atoms with E-state index in [2.05, 4.69) is 0 Å². The molecule has 0 aromatic heterocycles. The Morgan fingerprint density at radius 2 is 1.68 bits per heavy atom. The molecule has 0 saturated carbocycles. The van der Waals surface area contributed by atoms with Crippen LogP contribution in [0.25, 0.3) is 11.1 Å². The van der Waals surface area contributed by atoms with Crippen molar-refractivity contribution < 1.29 is 13.2 Å². The van der Waals surface area contributed by atoms with E-state index in [1.54, 1.807) is 6.07 Å². The summed E-state index contributed by atoms with van der Waals surface area (Å²) in [6.07, 6.45) is -4.32. The third kappa shape index (κ3) is 2.96. The van der Waals surface area contributed by atoms with Gasteiger partial charge in [0.15, 0.2) is 0 Å². The van der Waals surface area contributed by atoms with Crippen molar-refractivity contribution in [2.24, 2.45) is 5.73 Å². The molecular weight excluding hydrogens is 251 g/mol. The van der Waals surface area contributed by atoms with Crippen LogP contribution in [0.4, 0.5) is 13.2 Å². The van der Waals surface area contributed by atoms with E-state index in [0.29, 0.717) is 12.1 Å². The lowest BCUT2D eigenvalue weighted by Crippen LogP contribution is -2.04. The first kappa shape index (κ1) is 13.6. The maximum absolute atomic E-state index is 12.7. The highest BCUT2D eigenvalue weighted by Gasteiger charge is 2.30. The van der Waals surface area contributed by atoms with Gasteiger partial charge in [-0.2, -0.15) is 13.2 Å². The molecule has 19 heavy (non-hydrogen) atoms. The monoisotopic (exact) mass is 265 g/mol. The first-order valence-corrected chi connectivity index (χ1v) is 5.89.